The van der Waals surface area contributed by atoms with E-state index < -0.39 is 10.0 Å². The van der Waals surface area contributed by atoms with E-state index in [1.807, 2.05) is 11.8 Å². The van der Waals surface area contributed by atoms with Gasteiger partial charge in [0.25, 0.3) is 5.56 Å². The molecule has 1 fully saturated rings. The molecule has 0 aromatic carbocycles. The summed E-state index contributed by atoms with van der Waals surface area (Å²) in [4.78, 5) is 27.0. The van der Waals surface area contributed by atoms with Gasteiger partial charge >= 0.3 is 5.69 Å². The molecular weight excluding hydrogens is 384 g/mol. The maximum Gasteiger partial charge on any atom is 0.331 e. The number of anilines is 1. The van der Waals surface area contributed by atoms with E-state index in [4.69, 9.17) is 0 Å². The molecule has 1 atom stereocenters. The van der Waals surface area contributed by atoms with Crippen molar-refractivity contribution in [2.45, 2.75) is 50.7 Å². The van der Waals surface area contributed by atoms with Crippen molar-refractivity contribution in [1.29, 1.82) is 0 Å². The lowest BCUT2D eigenvalue weighted by Gasteiger charge is -2.34. The molecule has 2 aromatic rings. The Morgan fingerprint density at radius 3 is 2.57 bits per heavy atom. The van der Waals surface area contributed by atoms with Crippen LogP contribution < -0.4 is 20.9 Å². The summed E-state index contributed by atoms with van der Waals surface area (Å²) in [5, 5.41) is 3.91. The molecule has 1 aliphatic heterocycles. The predicted molar refractivity (Wildman–Crippen MR) is 105 cm³/mol. The summed E-state index contributed by atoms with van der Waals surface area (Å²) in [5.41, 5.74) is -0.244. The van der Waals surface area contributed by atoms with Crippen LogP contribution in [-0.4, -0.2) is 46.5 Å². The first-order valence-corrected chi connectivity index (χ1v) is 10.8. The molecule has 28 heavy (non-hydrogen) atoms. The molecule has 2 aromatic heterocycles. The molecule has 1 unspecified atom stereocenters. The van der Waals surface area contributed by atoms with Crippen molar-refractivity contribution in [1.82, 2.24) is 23.6 Å². The maximum atomic E-state index is 12.8. The number of aryl methyl sites for hydroxylation is 2. The summed E-state index contributed by atoms with van der Waals surface area (Å²) in [5.74, 6) is 0. The Morgan fingerprint density at radius 2 is 1.96 bits per heavy atom. The molecule has 0 saturated carbocycles. The van der Waals surface area contributed by atoms with Gasteiger partial charge in [-0.3, -0.25) is 18.6 Å². The topological polar surface area (TPSA) is 111 Å². The first-order valence-electron chi connectivity index (χ1n) is 9.37. The molecule has 3 heterocycles. The third-order valence-corrected chi connectivity index (χ3v) is 6.43. The zero-order valence-corrected chi connectivity index (χ0v) is 17.1. The normalized spacial score (nSPS) is 17.8. The van der Waals surface area contributed by atoms with E-state index in [1.165, 1.54) is 26.2 Å². The van der Waals surface area contributed by atoms with Crippen molar-refractivity contribution in [3.8, 4) is 0 Å². The molecule has 11 heteroatoms. The van der Waals surface area contributed by atoms with Crippen LogP contribution >= 0.6 is 0 Å². The van der Waals surface area contributed by atoms with Gasteiger partial charge in [-0.15, -0.1) is 0 Å². The van der Waals surface area contributed by atoms with Crippen molar-refractivity contribution in [3.05, 3.63) is 39.4 Å². The van der Waals surface area contributed by atoms with E-state index in [-0.39, 0.29) is 28.7 Å². The second-order valence-electron chi connectivity index (χ2n) is 6.89. The van der Waals surface area contributed by atoms with Gasteiger partial charge in [0.1, 0.15) is 10.6 Å². The summed E-state index contributed by atoms with van der Waals surface area (Å²) in [7, 11) is -2.03. The molecule has 0 bridgehead atoms. The number of sulfonamides is 1. The Morgan fingerprint density at radius 1 is 1.21 bits per heavy atom. The van der Waals surface area contributed by atoms with Gasteiger partial charge in [-0.2, -0.15) is 5.10 Å². The molecule has 10 nitrogen and oxygen atoms in total. The Balaban J connectivity index is 1.86. The largest absolute Gasteiger partial charge is 0.364 e. The fraction of sp³-hybridized carbons (Fsp3) is 0.588. The van der Waals surface area contributed by atoms with E-state index in [0.717, 1.165) is 6.42 Å². The third kappa shape index (κ3) is 3.90. The van der Waals surface area contributed by atoms with Gasteiger partial charge in [0.15, 0.2) is 0 Å². The fourth-order valence-corrected chi connectivity index (χ4v) is 4.72. The first kappa shape index (κ1) is 20.3. The summed E-state index contributed by atoms with van der Waals surface area (Å²) in [6, 6.07) is -0.338. The van der Waals surface area contributed by atoms with Gasteiger partial charge in [0.2, 0.25) is 10.0 Å². The minimum atomic E-state index is -3.69. The van der Waals surface area contributed by atoms with E-state index in [0.29, 0.717) is 31.7 Å². The SMILES string of the molecule is CCn1cc(N2CCCC(NS(=O)(=O)c3cnn(C)c3)C2)c(=O)n(CC)c1=O. The average molecular weight is 411 g/mol. The number of hydrogen-bond acceptors (Lipinski definition) is 6. The number of nitrogens with one attached hydrogen (secondary N) is 1. The van der Waals surface area contributed by atoms with Crippen LogP contribution in [0.2, 0.25) is 0 Å². The molecule has 1 aliphatic rings. The lowest BCUT2D eigenvalue weighted by Crippen LogP contribution is -2.50. The van der Waals surface area contributed by atoms with Gasteiger partial charge < -0.3 is 4.90 Å². The van der Waals surface area contributed by atoms with Crippen molar-refractivity contribution < 1.29 is 8.42 Å². The second-order valence-corrected chi connectivity index (χ2v) is 8.60. The van der Waals surface area contributed by atoms with Gasteiger partial charge in [-0.25, -0.2) is 17.9 Å². The lowest BCUT2D eigenvalue weighted by molar-refractivity contribution is 0.461. The predicted octanol–water partition coefficient (Wildman–Crippen LogP) is -0.269. The monoisotopic (exact) mass is 410 g/mol. The molecule has 0 radical (unpaired) electrons. The molecule has 0 amide bonds. The Hall–Kier alpha value is -2.40. The zero-order chi connectivity index (χ0) is 20.5. The zero-order valence-electron chi connectivity index (χ0n) is 16.3. The third-order valence-electron chi connectivity index (χ3n) is 4.95. The van der Waals surface area contributed by atoms with Crippen molar-refractivity contribution in [2.75, 3.05) is 18.0 Å². The van der Waals surface area contributed by atoms with Crippen LogP contribution in [0.4, 0.5) is 5.69 Å². The Kier molecular flexibility index (Phi) is 5.75. The Bertz CT molecular complexity index is 1070. The van der Waals surface area contributed by atoms with Gasteiger partial charge in [-0.05, 0) is 26.7 Å². The highest BCUT2D eigenvalue weighted by atomic mass is 32.2. The van der Waals surface area contributed by atoms with Crippen LogP contribution in [0.5, 0.6) is 0 Å². The second kappa shape index (κ2) is 7.92. The maximum absolute atomic E-state index is 12.8. The minimum absolute atomic E-state index is 0.111. The Labute approximate surface area is 163 Å². The summed E-state index contributed by atoms with van der Waals surface area (Å²) in [6.45, 7) is 5.34. The standard InChI is InChI=1S/C17H26N6O4S/c1-4-21-12-15(16(24)23(5-2)17(21)25)22-8-6-7-13(10-22)19-28(26,27)14-9-18-20(3)11-14/h9,11-13,19H,4-8,10H2,1-3H3. The summed E-state index contributed by atoms with van der Waals surface area (Å²) < 4.78 is 32.0. The lowest BCUT2D eigenvalue weighted by atomic mass is 10.1. The van der Waals surface area contributed by atoms with Crippen LogP contribution in [0.1, 0.15) is 26.7 Å². The van der Waals surface area contributed by atoms with Crippen LogP contribution in [0, 0.1) is 0 Å². The molecule has 0 aliphatic carbocycles. The van der Waals surface area contributed by atoms with Crippen molar-refractivity contribution in [3.63, 3.8) is 0 Å². The molecule has 3 rings (SSSR count). The summed E-state index contributed by atoms with van der Waals surface area (Å²) >= 11 is 0. The highest BCUT2D eigenvalue weighted by Crippen LogP contribution is 2.18. The quantitative estimate of drug-likeness (QED) is 0.702. The van der Waals surface area contributed by atoms with Crippen molar-refractivity contribution >= 4 is 15.7 Å². The van der Waals surface area contributed by atoms with E-state index >= 15 is 0 Å². The number of nitrogens with zero attached hydrogens (tertiary/aromatic N) is 5. The molecule has 1 N–H and O–H groups in total. The van der Waals surface area contributed by atoms with Gasteiger partial charge in [0, 0.05) is 51.7 Å². The van der Waals surface area contributed by atoms with Crippen LogP contribution in [0.3, 0.4) is 0 Å². The first-order chi connectivity index (χ1) is 13.3. The van der Waals surface area contributed by atoms with Gasteiger partial charge in [0.05, 0.1) is 6.20 Å². The highest BCUT2D eigenvalue weighted by Gasteiger charge is 2.28. The number of aromatic nitrogens is 4. The number of piperidine rings is 1. The van der Waals surface area contributed by atoms with Crippen LogP contribution in [0.25, 0.3) is 0 Å². The van der Waals surface area contributed by atoms with E-state index in [2.05, 4.69) is 9.82 Å². The number of rotatable bonds is 6. The fourth-order valence-electron chi connectivity index (χ4n) is 3.48. The van der Waals surface area contributed by atoms with Gasteiger partial charge in [-0.1, -0.05) is 0 Å². The highest BCUT2D eigenvalue weighted by molar-refractivity contribution is 7.89. The average Bonchev–Trinajstić information content (AvgIpc) is 3.10. The van der Waals surface area contributed by atoms with Crippen LogP contribution in [-0.2, 0) is 30.2 Å². The summed E-state index contributed by atoms with van der Waals surface area (Å²) in [6.07, 6.45) is 5.73. The van der Waals surface area contributed by atoms with Crippen LogP contribution in [0.15, 0.2) is 33.1 Å². The van der Waals surface area contributed by atoms with E-state index in [9.17, 15) is 18.0 Å². The molecule has 154 valence electrons. The molecule has 0 spiro atoms. The number of hydrogen-bond donors (Lipinski definition) is 1. The minimum Gasteiger partial charge on any atom is -0.364 e. The van der Waals surface area contributed by atoms with Crippen molar-refractivity contribution in [2.24, 2.45) is 7.05 Å². The smallest absolute Gasteiger partial charge is 0.331 e. The van der Waals surface area contributed by atoms with E-state index in [1.54, 1.807) is 20.2 Å². The molecule has 1 saturated heterocycles. The molecular formula is C17H26N6O4S.